The lowest BCUT2D eigenvalue weighted by atomic mass is 10.0. The van der Waals surface area contributed by atoms with Crippen LogP contribution in [0.25, 0.3) is 0 Å². The molecular weight excluding hydrogens is 226 g/mol. The zero-order valence-corrected chi connectivity index (χ0v) is 11.9. The van der Waals surface area contributed by atoms with Gasteiger partial charge in [-0.15, -0.1) is 0 Å². The lowest BCUT2D eigenvalue weighted by Gasteiger charge is -2.18. The van der Waals surface area contributed by atoms with E-state index in [1.54, 1.807) is 0 Å². The molecule has 1 fully saturated rings. The average Bonchev–Trinajstić information content (AvgIpc) is 2.82. The molecule has 1 aromatic rings. The van der Waals surface area contributed by atoms with Gasteiger partial charge in [0.1, 0.15) is 0 Å². The maximum absolute atomic E-state index is 3.67. The smallest absolute Gasteiger partial charge is 0.0292 e. The first-order valence-corrected chi connectivity index (χ1v) is 7.70. The van der Waals surface area contributed by atoms with Gasteiger partial charge in [-0.1, -0.05) is 18.2 Å². The monoisotopic (exact) mass is 249 g/mol. The number of hydrogen-bond donors (Lipinski definition) is 1. The SMILES string of the molecule is Cc1ccc(C(C)NCC2CCSC2)cc1C. The van der Waals surface area contributed by atoms with Gasteiger partial charge in [0.15, 0.2) is 0 Å². The van der Waals surface area contributed by atoms with E-state index >= 15 is 0 Å². The minimum absolute atomic E-state index is 0.472. The minimum atomic E-state index is 0.472. The van der Waals surface area contributed by atoms with Crippen LogP contribution in [0.2, 0.25) is 0 Å². The van der Waals surface area contributed by atoms with E-state index in [0.717, 1.165) is 5.92 Å². The summed E-state index contributed by atoms with van der Waals surface area (Å²) < 4.78 is 0. The third kappa shape index (κ3) is 3.49. The summed E-state index contributed by atoms with van der Waals surface area (Å²) in [5, 5.41) is 3.67. The van der Waals surface area contributed by atoms with Crippen molar-refractivity contribution in [1.29, 1.82) is 0 Å². The fraction of sp³-hybridized carbons (Fsp3) is 0.600. The molecule has 1 N–H and O–H groups in total. The van der Waals surface area contributed by atoms with Crippen molar-refractivity contribution in [2.45, 2.75) is 33.2 Å². The van der Waals surface area contributed by atoms with Crippen molar-refractivity contribution in [2.75, 3.05) is 18.1 Å². The number of aryl methyl sites for hydroxylation is 2. The molecule has 94 valence electrons. The molecule has 0 amide bonds. The first-order valence-electron chi connectivity index (χ1n) is 6.55. The average molecular weight is 249 g/mol. The predicted molar refractivity (Wildman–Crippen MR) is 77.8 cm³/mol. The highest BCUT2D eigenvalue weighted by Crippen LogP contribution is 2.24. The van der Waals surface area contributed by atoms with Gasteiger partial charge in [0.05, 0.1) is 0 Å². The summed E-state index contributed by atoms with van der Waals surface area (Å²) in [5.74, 6) is 3.57. The van der Waals surface area contributed by atoms with Crippen LogP contribution in [0.4, 0.5) is 0 Å². The van der Waals surface area contributed by atoms with Crippen molar-refractivity contribution >= 4 is 11.8 Å². The summed E-state index contributed by atoms with van der Waals surface area (Å²) >= 11 is 2.09. The number of benzene rings is 1. The molecule has 2 atom stereocenters. The second kappa shape index (κ2) is 5.92. The summed E-state index contributed by atoms with van der Waals surface area (Å²) in [6, 6.07) is 7.27. The largest absolute Gasteiger partial charge is 0.310 e. The van der Waals surface area contributed by atoms with E-state index in [9.17, 15) is 0 Å². The van der Waals surface area contributed by atoms with Gasteiger partial charge >= 0.3 is 0 Å². The van der Waals surface area contributed by atoms with Crippen LogP contribution in [-0.2, 0) is 0 Å². The summed E-state index contributed by atoms with van der Waals surface area (Å²) in [4.78, 5) is 0. The molecule has 0 radical (unpaired) electrons. The Balaban J connectivity index is 1.89. The van der Waals surface area contributed by atoms with Gasteiger partial charge in [-0.25, -0.2) is 0 Å². The molecule has 0 aromatic heterocycles. The molecule has 0 spiro atoms. The molecule has 2 heteroatoms. The zero-order chi connectivity index (χ0) is 12.3. The normalized spacial score (nSPS) is 21.7. The highest BCUT2D eigenvalue weighted by Gasteiger charge is 2.16. The van der Waals surface area contributed by atoms with Crippen LogP contribution in [0.3, 0.4) is 0 Å². The van der Waals surface area contributed by atoms with Crippen LogP contribution in [0, 0.1) is 19.8 Å². The molecule has 1 saturated heterocycles. The van der Waals surface area contributed by atoms with E-state index in [1.807, 2.05) is 0 Å². The topological polar surface area (TPSA) is 12.0 Å². The minimum Gasteiger partial charge on any atom is -0.310 e. The van der Waals surface area contributed by atoms with Crippen LogP contribution in [0.1, 0.15) is 36.1 Å². The molecule has 0 aliphatic carbocycles. The van der Waals surface area contributed by atoms with Crippen molar-refractivity contribution < 1.29 is 0 Å². The van der Waals surface area contributed by atoms with Crippen LogP contribution in [0.5, 0.6) is 0 Å². The molecule has 1 aliphatic rings. The molecule has 1 heterocycles. The Morgan fingerprint density at radius 3 is 2.82 bits per heavy atom. The Bertz CT molecular complexity index is 369. The number of rotatable bonds is 4. The fourth-order valence-electron chi connectivity index (χ4n) is 2.24. The lowest BCUT2D eigenvalue weighted by molar-refractivity contribution is 0.477. The quantitative estimate of drug-likeness (QED) is 0.873. The van der Waals surface area contributed by atoms with E-state index < -0.39 is 0 Å². The highest BCUT2D eigenvalue weighted by molar-refractivity contribution is 7.99. The second-order valence-electron chi connectivity index (χ2n) is 5.20. The Hall–Kier alpha value is -0.470. The standard InChI is InChI=1S/C15H23NS/c1-11-4-5-15(8-12(11)2)13(3)16-9-14-6-7-17-10-14/h4-5,8,13-14,16H,6-7,9-10H2,1-3H3. The van der Waals surface area contributed by atoms with E-state index in [1.165, 1.54) is 41.2 Å². The van der Waals surface area contributed by atoms with E-state index in [4.69, 9.17) is 0 Å². The van der Waals surface area contributed by atoms with Crippen molar-refractivity contribution in [3.8, 4) is 0 Å². The first kappa shape index (κ1) is 13.0. The first-order chi connectivity index (χ1) is 8.16. The number of hydrogen-bond acceptors (Lipinski definition) is 2. The molecule has 1 aromatic carbocycles. The zero-order valence-electron chi connectivity index (χ0n) is 11.1. The molecule has 0 bridgehead atoms. The maximum atomic E-state index is 3.67. The van der Waals surface area contributed by atoms with Crippen LogP contribution >= 0.6 is 11.8 Å². The molecule has 17 heavy (non-hydrogen) atoms. The van der Waals surface area contributed by atoms with Gasteiger partial charge < -0.3 is 5.32 Å². The van der Waals surface area contributed by atoms with Gasteiger partial charge in [0.2, 0.25) is 0 Å². The van der Waals surface area contributed by atoms with Gasteiger partial charge in [-0.2, -0.15) is 11.8 Å². The Labute approximate surface area is 109 Å². The van der Waals surface area contributed by atoms with E-state index in [-0.39, 0.29) is 0 Å². The Morgan fingerprint density at radius 1 is 1.35 bits per heavy atom. The van der Waals surface area contributed by atoms with Crippen molar-refractivity contribution in [3.63, 3.8) is 0 Å². The summed E-state index contributed by atoms with van der Waals surface area (Å²) in [5.41, 5.74) is 4.19. The Kier molecular flexibility index (Phi) is 4.52. The molecule has 2 rings (SSSR count). The summed E-state index contributed by atoms with van der Waals surface area (Å²) in [6.45, 7) is 7.80. The summed E-state index contributed by atoms with van der Waals surface area (Å²) in [6.07, 6.45) is 1.39. The highest BCUT2D eigenvalue weighted by atomic mass is 32.2. The maximum Gasteiger partial charge on any atom is 0.0292 e. The van der Waals surface area contributed by atoms with Gasteiger partial charge in [-0.3, -0.25) is 0 Å². The van der Waals surface area contributed by atoms with E-state index in [2.05, 4.69) is 56.0 Å². The molecule has 0 saturated carbocycles. The summed E-state index contributed by atoms with van der Waals surface area (Å²) in [7, 11) is 0. The van der Waals surface area contributed by atoms with Crippen molar-refractivity contribution in [3.05, 3.63) is 34.9 Å². The number of nitrogens with one attached hydrogen (secondary N) is 1. The van der Waals surface area contributed by atoms with Crippen LogP contribution in [0.15, 0.2) is 18.2 Å². The molecular formula is C15H23NS. The molecule has 1 aliphatic heterocycles. The molecule has 1 nitrogen and oxygen atoms in total. The van der Waals surface area contributed by atoms with Gasteiger partial charge in [-0.05, 0) is 67.9 Å². The van der Waals surface area contributed by atoms with Crippen LogP contribution < -0.4 is 5.32 Å². The third-order valence-electron chi connectivity index (χ3n) is 3.77. The van der Waals surface area contributed by atoms with Crippen molar-refractivity contribution in [2.24, 2.45) is 5.92 Å². The lowest BCUT2D eigenvalue weighted by Crippen LogP contribution is -2.25. The molecule has 2 unspecified atom stereocenters. The second-order valence-corrected chi connectivity index (χ2v) is 6.35. The van der Waals surface area contributed by atoms with E-state index in [0.29, 0.717) is 6.04 Å². The van der Waals surface area contributed by atoms with Gasteiger partial charge in [0.25, 0.3) is 0 Å². The third-order valence-corrected chi connectivity index (χ3v) is 5.00. The van der Waals surface area contributed by atoms with Gasteiger partial charge in [0, 0.05) is 6.04 Å². The predicted octanol–water partition coefficient (Wildman–Crippen LogP) is 3.71. The van der Waals surface area contributed by atoms with Crippen LogP contribution in [-0.4, -0.2) is 18.1 Å². The Morgan fingerprint density at radius 2 is 2.18 bits per heavy atom. The number of thioether (sulfide) groups is 1. The van der Waals surface area contributed by atoms with Crippen molar-refractivity contribution in [1.82, 2.24) is 5.32 Å². The fourth-order valence-corrected chi connectivity index (χ4v) is 3.52.